The number of nitrogens with one attached hydrogen (secondary N) is 1. The molecule has 1 saturated carbocycles. The van der Waals surface area contributed by atoms with E-state index in [4.69, 9.17) is 16.3 Å². The molecule has 1 N–H and O–H groups in total. The summed E-state index contributed by atoms with van der Waals surface area (Å²) >= 11 is 6.36. The van der Waals surface area contributed by atoms with Gasteiger partial charge in [-0.25, -0.2) is 4.98 Å². The number of rotatable bonds is 6. The summed E-state index contributed by atoms with van der Waals surface area (Å²) in [5.74, 6) is 1.70. The van der Waals surface area contributed by atoms with Crippen molar-refractivity contribution in [3.05, 3.63) is 58.8 Å². The fraction of sp³-hybridized carbons (Fsp3) is 0.333. The Morgan fingerprint density at radius 3 is 2.73 bits per heavy atom. The molecule has 1 amide bonds. The lowest BCUT2D eigenvalue weighted by Crippen LogP contribution is -2.28. The van der Waals surface area contributed by atoms with Gasteiger partial charge in [0.05, 0.1) is 5.02 Å². The van der Waals surface area contributed by atoms with Crippen LogP contribution in [0.1, 0.15) is 50.2 Å². The Morgan fingerprint density at radius 1 is 1.35 bits per heavy atom. The van der Waals surface area contributed by atoms with E-state index < -0.39 is 0 Å². The molecule has 0 saturated heterocycles. The summed E-state index contributed by atoms with van der Waals surface area (Å²) in [5.41, 5.74) is 2.22. The van der Waals surface area contributed by atoms with Gasteiger partial charge in [0.15, 0.2) is 0 Å². The number of hydrogen-bond acceptors (Lipinski definition) is 3. The highest BCUT2D eigenvalue weighted by Gasteiger charge is 2.20. The summed E-state index contributed by atoms with van der Waals surface area (Å²) in [7, 11) is 0. The monoisotopic (exact) mass is 370 g/mol. The van der Waals surface area contributed by atoms with E-state index in [1.807, 2.05) is 37.3 Å². The molecule has 136 valence electrons. The highest BCUT2D eigenvalue weighted by atomic mass is 35.5. The molecular weight excluding hydrogens is 348 g/mol. The highest BCUT2D eigenvalue weighted by molar-refractivity contribution is 6.32. The molecule has 5 heteroatoms. The van der Waals surface area contributed by atoms with Gasteiger partial charge in [0, 0.05) is 25.2 Å². The minimum Gasteiger partial charge on any atom is -0.437 e. The number of halogens is 1. The van der Waals surface area contributed by atoms with Gasteiger partial charge in [-0.05, 0) is 55.0 Å². The van der Waals surface area contributed by atoms with Crippen LogP contribution in [0, 0.1) is 0 Å². The van der Waals surface area contributed by atoms with Crippen molar-refractivity contribution in [2.24, 2.45) is 0 Å². The van der Waals surface area contributed by atoms with Crippen LogP contribution in [-0.2, 0) is 4.79 Å². The molecule has 1 atom stereocenters. The van der Waals surface area contributed by atoms with Crippen LogP contribution >= 0.6 is 11.6 Å². The fourth-order valence-electron chi connectivity index (χ4n) is 2.88. The van der Waals surface area contributed by atoms with Gasteiger partial charge in [-0.2, -0.15) is 0 Å². The van der Waals surface area contributed by atoms with Gasteiger partial charge in [-0.15, -0.1) is 0 Å². The van der Waals surface area contributed by atoms with Crippen LogP contribution in [0.25, 0.3) is 6.08 Å². The van der Waals surface area contributed by atoms with Crippen LogP contribution in [0.15, 0.2) is 42.6 Å². The molecule has 0 radical (unpaired) electrons. The largest absolute Gasteiger partial charge is 0.437 e. The molecule has 1 aliphatic rings. The minimum atomic E-state index is -0.0516. The molecule has 1 fully saturated rings. The fourth-order valence-corrected chi connectivity index (χ4v) is 3.11. The Balaban J connectivity index is 1.62. The van der Waals surface area contributed by atoms with Crippen LogP contribution in [0.4, 0.5) is 0 Å². The number of hydrogen-bond donors (Lipinski definition) is 1. The zero-order valence-electron chi connectivity index (χ0n) is 15.0. The molecule has 1 aromatic carbocycles. The van der Waals surface area contributed by atoms with Crippen LogP contribution in [0.2, 0.25) is 5.02 Å². The average Bonchev–Trinajstić information content (AvgIpc) is 2.54. The van der Waals surface area contributed by atoms with E-state index in [9.17, 15) is 4.79 Å². The minimum absolute atomic E-state index is 0.0311. The van der Waals surface area contributed by atoms with Gasteiger partial charge in [-0.1, -0.05) is 36.2 Å². The maximum absolute atomic E-state index is 11.0. The maximum atomic E-state index is 11.0. The molecule has 1 aliphatic carbocycles. The second-order valence-corrected chi connectivity index (χ2v) is 7.11. The van der Waals surface area contributed by atoms with Crippen LogP contribution < -0.4 is 10.1 Å². The number of aromatic nitrogens is 1. The topological polar surface area (TPSA) is 51.2 Å². The molecule has 0 spiro atoms. The number of carbonyl (C=O) groups is 1. The maximum Gasteiger partial charge on any atom is 0.219 e. The molecule has 1 aromatic heterocycles. The van der Waals surface area contributed by atoms with E-state index in [0.717, 1.165) is 5.56 Å². The molecule has 26 heavy (non-hydrogen) atoms. The Bertz CT molecular complexity index is 798. The smallest absolute Gasteiger partial charge is 0.219 e. The van der Waals surface area contributed by atoms with E-state index in [2.05, 4.69) is 16.4 Å². The summed E-state index contributed by atoms with van der Waals surface area (Å²) in [6.07, 6.45) is 9.34. The third-order valence-corrected chi connectivity index (χ3v) is 4.81. The van der Waals surface area contributed by atoms with E-state index in [-0.39, 0.29) is 11.9 Å². The Kier molecular flexibility index (Phi) is 5.94. The molecule has 2 aromatic rings. The summed E-state index contributed by atoms with van der Waals surface area (Å²) in [6.45, 7) is 3.42. The highest BCUT2D eigenvalue weighted by Crippen LogP contribution is 2.39. The van der Waals surface area contributed by atoms with Crippen molar-refractivity contribution in [3.63, 3.8) is 0 Å². The number of nitrogens with zero attached hydrogens (tertiary/aromatic N) is 1. The first-order valence-electron chi connectivity index (χ1n) is 8.90. The predicted octanol–water partition coefficient (Wildman–Crippen LogP) is 5.33. The lowest BCUT2D eigenvalue weighted by atomic mass is 9.80. The Morgan fingerprint density at radius 2 is 2.15 bits per heavy atom. The second-order valence-electron chi connectivity index (χ2n) is 6.70. The van der Waals surface area contributed by atoms with E-state index in [1.165, 1.54) is 31.7 Å². The van der Waals surface area contributed by atoms with Gasteiger partial charge in [0.25, 0.3) is 0 Å². The van der Waals surface area contributed by atoms with Crippen molar-refractivity contribution in [1.82, 2.24) is 10.3 Å². The molecule has 1 heterocycles. The van der Waals surface area contributed by atoms with Crippen LogP contribution in [0.3, 0.4) is 0 Å². The van der Waals surface area contributed by atoms with E-state index in [0.29, 0.717) is 22.6 Å². The quantitative estimate of drug-likeness (QED) is 0.747. The van der Waals surface area contributed by atoms with E-state index >= 15 is 0 Å². The number of amides is 1. The SMILES string of the molecule is CC(=O)N[C@@H](C)/C=C/c1ccc(Oc2ccc(C3CCC3)cc2Cl)nc1. The number of ether oxygens (including phenoxy) is 1. The van der Waals surface area contributed by atoms with Crippen molar-refractivity contribution in [2.75, 3.05) is 0 Å². The number of pyridine rings is 1. The number of benzene rings is 1. The molecule has 3 rings (SSSR count). The molecule has 4 nitrogen and oxygen atoms in total. The molecule has 0 bridgehead atoms. The van der Waals surface area contributed by atoms with Crippen molar-refractivity contribution < 1.29 is 9.53 Å². The van der Waals surface area contributed by atoms with Gasteiger partial charge >= 0.3 is 0 Å². The Hall–Kier alpha value is -2.33. The molecular formula is C21H23ClN2O2. The summed E-state index contributed by atoms with van der Waals surface area (Å²) in [4.78, 5) is 15.3. The van der Waals surface area contributed by atoms with Gasteiger partial charge in [0.2, 0.25) is 11.8 Å². The lowest BCUT2D eigenvalue weighted by molar-refractivity contribution is -0.119. The standard InChI is InChI=1S/C21H23ClN2O2/c1-14(24-15(2)25)6-7-16-8-11-21(23-13-16)26-20-10-9-18(12-19(20)22)17-4-3-5-17/h6-14,17H,3-5H2,1-2H3,(H,24,25)/b7-6+/t14-/m0/s1. The first-order chi connectivity index (χ1) is 12.5. The first-order valence-corrected chi connectivity index (χ1v) is 9.28. The second kappa shape index (κ2) is 8.37. The van der Waals surface area contributed by atoms with E-state index in [1.54, 1.807) is 12.3 Å². The first kappa shape index (κ1) is 18.5. The Labute approximate surface area is 159 Å². The molecule has 0 aliphatic heterocycles. The van der Waals surface area contributed by atoms with Crippen LogP contribution in [0.5, 0.6) is 11.6 Å². The zero-order valence-corrected chi connectivity index (χ0v) is 15.8. The third kappa shape index (κ3) is 4.85. The normalized spacial score (nSPS) is 15.5. The number of carbonyl (C=O) groups excluding carboxylic acids is 1. The molecule has 0 unspecified atom stereocenters. The van der Waals surface area contributed by atoms with Gasteiger partial charge < -0.3 is 10.1 Å². The summed E-state index contributed by atoms with van der Waals surface area (Å²) < 4.78 is 5.80. The van der Waals surface area contributed by atoms with Crippen molar-refractivity contribution in [3.8, 4) is 11.6 Å². The average molecular weight is 371 g/mol. The van der Waals surface area contributed by atoms with Crippen molar-refractivity contribution in [2.45, 2.75) is 45.1 Å². The predicted molar refractivity (Wildman–Crippen MR) is 105 cm³/mol. The van der Waals surface area contributed by atoms with Crippen molar-refractivity contribution >= 4 is 23.6 Å². The third-order valence-electron chi connectivity index (χ3n) is 4.51. The lowest BCUT2D eigenvalue weighted by Gasteiger charge is -2.26. The summed E-state index contributed by atoms with van der Waals surface area (Å²) in [6, 6.07) is 9.69. The van der Waals surface area contributed by atoms with Crippen LogP contribution in [-0.4, -0.2) is 16.9 Å². The van der Waals surface area contributed by atoms with Gasteiger partial charge in [-0.3, -0.25) is 4.79 Å². The zero-order chi connectivity index (χ0) is 18.5. The van der Waals surface area contributed by atoms with Gasteiger partial charge in [0.1, 0.15) is 5.75 Å². The summed E-state index contributed by atoms with van der Waals surface area (Å²) in [5, 5.41) is 3.41. The van der Waals surface area contributed by atoms with Crippen molar-refractivity contribution in [1.29, 1.82) is 0 Å².